The molecule has 1 unspecified atom stereocenters. The Morgan fingerprint density at radius 2 is 1.57 bits per heavy atom. The Morgan fingerprint density at radius 1 is 1.00 bits per heavy atom. The third kappa shape index (κ3) is 5.04. The van der Waals surface area contributed by atoms with Crippen molar-refractivity contribution in [3.05, 3.63) is 71.8 Å². The number of nitrogens with one attached hydrogen (secondary N) is 1. The fraction of sp³-hybridized carbons (Fsp3) is 0.278. The van der Waals surface area contributed by atoms with Crippen molar-refractivity contribution in [3.63, 3.8) is 0 Å². The minimum atomic E-state index is -0.0154. The summed E-state index contributed by atoms with van der Waals surface area (Å²) in [6.45, 7) is 0.813. The largest absolute Gasteiger partial charge is 0.348 e. The molecule has 21 heavy (non-hydrogen) atoms. The summed E-state index contributed by atoms with van der Waals surface area (Å²) in [6.07, 6.45) is 0.831. The molecule has 0 saturated heterocycles. The maximum atomic E-state index is 12.3. The highest BCUT2D eigenvalue weighted by Crippen LogP contribution is 2.06. The second-order valence-electron chi connectivity index (χ2n) is 5.49. The predicted octanol–water partition coefficient (Wildman–Crippen LogP) is 2.59. The van der Waals surface area contributed by atoms with Gasteiger partial charge in [0, 0.05) is 18.2 Å². The van der Waals surface area contributed by atoms with Crippen LogP contribution < -0.4 is 5.32 Å². The fourth-order valence-electron chi connectivity index (χ4n) is 2.36. The quantitative estimate of drug-likeness (QED) is 0.883. The summed E-state index contributed by atoms with van der Waals surface area (Å²) in [5, 5.41) is 3.13. The fourth-order valence-corrected chi connectivity index (χ4v) is 2.36. The van der Waals surface area contributed by atoms with E-state index in [2.05, 4.69) is 22.3 Å². The monoisotopic (exact) mass is 282 g/mol. The first-order valence-corrected chi connectivity index (χ1v) is 7.19. The Labute approximate surface area is 126 Å². The zero-order valence-electron chi connectivity index (χ0n) is 12.6. The van der Waals surface area contributed by atoms with Gasteiger partial charge in [0.15, 0.2) is 0 Å². The Hall–Kier alpha value is -2.13. The van der Waals surface area contributed by atoms with Gasteiger partial charge in [0.2, 0.25) is 0 Å². The number of carbonyl (C=O) groups is 1. The highest BCUT2D eigenvalue weighted by molar-refractivity contribution is 5.94. The lowest BCUT2D eigenvalue weighted by Crippen LogP contribution is -2.43. The van der Waals surface area contributed by atoms with Crippen molar-refractivity contribution in [1.29, 1.82) is 0 Å². The molecule has 0 aliphatic rings. The van der Waals surface area contributed by atoms with Crippen molar-refractivity contribution in [2.24, 2.45) is 0 Å². The normalized spacial score (nSPS) is 12.1. The molecule has 1 amide bonds. The molecule has 0 spiro atoms. The Morgan fingerprint density at radius 3 is 2.14 bits per heavy atom. The van der Waals surface area contributed by atoms with E-state index >= 15 is 0 Å². The van der Waals surface area contributed by atoms with Crippen molar-refractivity contribution < 1.29 is 4.79 Å². The second kappa shape index (κ2) is 7.60. The van der Waals surface area contributed by atoms with Crippen LogP contribution in [0, 0.1) is 0 Å². The molecule has 1 atom stereocenters. The molecule has 0 saturated carbocycles. The van der Waals surface area contributed by atoms with Gasteiger partial charge in [0.05, 0.1) is 0 Å². The van der Waals surface area contributed by atoms with Crippen LogP contribution in [0.5, 0.6) is 0 Å². The highest BCUT2D eigenvalue weighted by Gasteiger charge is 2.15. The van der Waals surface area contributed by atoms with Crippen molar-refractivity contribution in [3.8, 4) is 0 Å². The maximum absolute atomic E-state index is 12.3. The van der Waals surface area contributed by atoms with Crippen LogP contribution in [0.3, 0.4) is 0 Å². The number of rotatable bonds is 6. The molecule has 0 aliphatic carbocycles. The molecule has 3 heteroatoms. The average molecular weight is 282 g/mol. The van der Waals surface area contributed by atoms with Crippen LogP contribution in [0.4, 0.5) is 0 Å². The van der Waals surface area contributed by atoms with Crippen LogP contribution in [0.1, 0.15) is 15.9 Å². The number of hydrogen-bond acceptors (Lipinski definition) is 2. The van der Waals surface area contributed by atoms with E-state index in [1.54, 1.807) is 0 Å². The van der Waals surface area contributed by atoms with Gasteiger partial charge in [-0.25, -0.2) is 0 Å². The first-order chi connectivity index (χ1) is 10.1. The van der Waals surface area contributed by atoms with Crippen LogP contribution in [0.15, 0.2) is 60.7 Å². The van der Waals surface area contributed by atoms with Gasteiger partial charge >= 0.3 is 0 Å². The standard InChI is InChI=1S/C18H22N2O/c1-20(2)14-17(13-15-9-5-3-6-10-15)19-18(21)16-11-7-4-8-12-16/h3-12,17H,13-14H2,1-2H3,(H,19,21). The number of benzene rings is 2. The number of nitrogens with zero attached hydrogens (tertiary/aromatic N) is 1. The molecule has 2 rings (SSSR count). The minimum absolute atomic E-state index is 0.0154. The number of amides is 1. The molecule has 0 fully saturated rings. The summed E-state index contributed by atoms with van der Waals surface area (Å²) in [7, 11) is 4.04. The van der Waals surface area contributed by atoms with E-state index in [1.165, 1.54) is 5.56 Å². The van der Waals surface area contributed by atoms with E-state index in [9.17, 15) is 4.79 Å². The van der Waals surface area contributed by atoms with Gasteiger partial charge in [-0.2, -0.15) is 0 Å². The van der Waals surface area contributed by atoms with Crippen molar-refractivity contribution in [1.82, 2.24) is 10.2 Å². The van der Waals surface area contributed by atoms with Gasteiger partial charge in [0.25, 0.3) is 5.91 Å². The van der Waals surface area contributed by atoms with Crippen LogP contribution in [-0.4, -0.2) is 37.5 Å². The smallest absolute Gasteiger partial charge is 0.251 e. The van der Waals surface area contributed by atoms with Crippen molar-refractivity contribution >= 4 is 5.91 Å². The topological polar surface area (TPSA) is 32.3 Å². The molecule has 2 aromatic carbocycles. The average Bonchev–Trinajstić information content (AvgIpc) is 2.48. The molecule has 0 aromatic heterocycles. The lowest BCUT2D eigenvalue weighted by molar-refractivity contribution is 0.0930. The van der Waals surface area contributed by atoms with Gasteiger partial charge in [-0.15, -0.1) is 0 Å². The second-order valence-corrected chi connectivity index (χ2v) is 5.49. The first-order valence-electron chi connectivity index (χ1n) is 7.19. The Balaban J connectivity index is 2.04. The summed E-state index contributed by atoms with van der Waals surface area (Å²) in [4.78, 5) is 14.4. The molecule has 1 N–H and O–H groups in total. The summed E-state index contributed by atoms with van der Waals surface area (Å²) < 4.78 is 0. The third-order valence-corrected chi connectivity index (χ3v) is 3.28. The van der Waals surface area contributed by atoms with Gasteiger partial charge in [-0.05, 0) is 38.2 Å². The lowest BCUT2D eigenvalue weighted by Gasteiger charge is -2.22. The van der Waals surface area contributed by atoms with Crippen LogP contribution in [-0.2, 0) is 6.42 Å². The summed E-state index contributed by atoms with van der Waals surface area (Å²) in [5.41, 5.74) is 1.94. The highest BCUT2D eigenvalue weighted by atomic mass is 16.1. The zero-order chi connectivity index (χ0) is 15.1. The molecule has 0 heterocycles. The number of carbonyl (C=O) groups excluding carboxylic acids is 1. The van der Waals surface area contributed by atoms with E-state index in [4.69, 9.17) is 0 Å². The molecule has 3 nitrogen and oxygen atoms in total. The van der Waals surface area contributed by atoms with Gasteiger partial charge in [-0.3, -0.25) is 4.79 Å². The van der Waals surface area contributed by atoms with E-state index in [-0.39, 0.29) is 11.9 Å². The zero-order valence-corrected chi connectivity index (χ0v) is 12.6. The molecule has 0 radical (unpaired) electrons. The number of likely N-dealkylation sites (N-methyl/N-ethyl adjacent to an activating group) is 1. The van der Waals surface area contributed by atoms with Gasteiger partial charge in [0.1, 0.15) is 0 Å². The Kier molecular flexibility index (Phi) is 5.52. The summed E-state index contributed by atoms with van der Waals surface area (Å²) >= 11 is 0. The first kappa shape index (κ1) is 15.3. The molecule has 0 aliphatic heterocycles. The molecule has 110 valence electrons. The lowest BCUT2D eigenvalue weighted by atomic mass is 10.0. The minimum Gasteiger partial charge on any atom is -0.348 e. The summed E-state index contributed by atoms with van der Waals surface area (Å²) in [6, 6.07) is 19.7. The molecule has 2 aromatic rings. The van der Waals surface area contributed by atoms with Crippen LogP contribution in [0.25, 0.3) is 0 Å². The third-order valence-electron chi connectivity index (χ3n) is 3.28. The Bertz CT molecular complexity index is 552. The van der Waals surface area contributed by atoms with Crippen molar-refractivity contribution in [2.75, 3.05) is 20.6 Å². The SMILES string of the molecule is CN(C)CC(Cc1ccccc1)NC(=O)c1ccccc1. The maximum Gasteiger partial charge on any atom is 0.251 e. The number of hydrogen-bond donors (Lipinski definition) is 1. The van der Waals surface area contributed by atoms with E-state index in [0.717, 1.165) is 13.0 Å². The van der Waals surface area contributed by atoms with Gasteiger partial charge in [-0.1, -0.05) is 48.5 Å². The van der Waals surface area contributed by atoms with Crippen molar-refractivity contribution in [2.45, 2.75) is 12.5 Å². The molecule has 0 bridgehead atoms. The summed E-state index contributed by atoms with van der Waals surface area (Å²) in [5.74, 6) is -0.0154. The predicted molar refractivity (Wildman–Crippen MR) is 86.4 cm³/mol. The van der Waals surface area contributed by atoms with E-state index in [1.807, 2.05) is 62.6 Å². The molecular weight excluding hydrogens is 260 g/mol. The van der Waals surface area contributed by atoms with E-state index in [0.29, 0.717) is 5.56 Å². The molecular formula is C18H22N2O. The van der Waals surface area contributed by atoms with E-state index < -0.39 is 0 Å². The van der Waals surface area contributed by atoms with Crippen LogP contribution >= 0.6 is 0 Å². The van der Waals surface area contributed by atoms with Gasteiger partial charge < -0.3 is 10.2 Å². The van der Waals surface area contributed by atoms with Crippen LogP contribution in [0.2, 0.25) is 0 Å².